The molecule has 102 valence electrons. The highest BCUT2D eigenvalue weighted by Gasteiger charge is 2.21. The van der Waals surface area contributed by atoms with Crippen LogP contribution in [0, 0.1) is 0 Å². The van der Waals surface area contributed by atoms with Crippen molar-refractivity contribution in [3.05, 3.63) is 53.2 Å². The van der Waals surface area contributed by atoms with Crippen LogP contribution >= 0.6 is 0 Å². The van der Waals surface area contributed by atoms with Crippen molar-refractivity contribution in [3.8, 4) is 0 Å². The summed E-state index contributed by atoms with van der Waals surface area (Å²) in [6.07, 6.45) is 1.97. The van der Waals surface area contributed by atoms with Gasteiger partial charge in [-0.2, -0.15) is 0 Å². The summed E-state index contributed by atoms with van der Waals surface area (Å²) >= 11 is 0. The first-order valence-electron chi connectivity index (χ1n) is 6.51. The van der Waals surface area contributed by atoms with Gasteiger partial charge in [-0.3, -0.25) is 0 Å². The van der Waals surface area contributed by atoms with Gasteiger partial charge in [0, 0.05) is 6.04 Å². The molecular weight excluding hydrogens is 254 g/mol. The third-order valence-corrected chi connectivity index (χ3v) is 3.46. The molecule has 1 heterocycles. The number of methoxy groups -OCH3 is 1. The van der Waals surface area contributed by atoms with Crippen molar-refractivity contribution >= 4 is 11.8 Å². The molecule has 1 N–H and O–H groups in total. The fourth-order valence-corrected chi connectivity index (χ4v) is 2.49. The topological polar surface area (TPSA) is 64.1 Å². The molecule has 0 radical (unpaired) electrons. The maximum Gasteiger partial charge on any atom is 0.358 e. The number of esters is 1. The molecule has 0 saturated carbocycles. The van der Waals surface area contributed by atoms with Crippen molar-refractivity contribution < 1.29 is 9.53 Å². The molecule has 3 rings (SSSR count). The lowest BCUT2D eigenvalue weighted by Gasteiger charge is -2.12. The van der Waals surface area contributed by atoms with Crippen LogP contribution in [0.2, 0.25) is 0 Å². The van der Waals surface area contributed by atoms with Gasteiger partial charge in [0.2, 0.25) is 0 Å². The molecule has 0 aliphatic heterocycles. The van der Waals surface area contributed by atoms with E-state index in [2.05, 4.69) is 44.5 Å². The van der Waals surface area contributed by atoms with Crippen LogP contribution in [0.4, 0.5) is 5.82 Å². The second-order valence-electron chi connectivity index (χ2n) is 4.81. The number of rotatable bonds is 3. The Labute approximate surface area is 117 Å². The molecule has 1 aliphatic rings. The van der Waals surface area contributed by atoms with E-state index in [4.69, 9.17) is 0 Å². The van der Waals surface area contributed by atoms with E-state index in [9.17, 15) is 4.79 Å². The summed E-state index contributed by atoms with van der Waals surface area (Å²) < 4.78 is 4.59. The van der Waals surface area contributed by atoms with E-state index in [0.717, 1.165) is 12.8 Å². The maximum atomic E-state index is 11.3. The van der Waals surface area contributed by atoms with E-state index in [-0.39, 0.29) is 5.69 Å². The number of carbonyl (C=O) groups excluding carboxylic acids is 1. The van der Waals surface area contributed by atoms with Crippen LogP contribution < -0.4 is 5.32 Å². The highest BCUT2D eigenvalue weighted by Crippen LogP contribution is 2.23. The van der Waals surface area contributed by atoms with Gasteiger partial charge in [-0.15, -0.1) is 10.2 Å². The van der Waals surface area contributed by atoms with Crippen molar-refractivity contribution in [2.45, 2.75) is 18.9 Å². The van der Waals surface area contributed by atoms with Crippen LogP contribution in [-0.4, -0.2) is 29.3 Å². The van der Waals surface area contributed by atoms with Crippen LogP contribution in [0.25, 0.3) is 0 Å². The fraction of sp³-hybridized carbons (Fsp3) is 0.267. The van der Waals surface area contributed by atoms with E-state index in [1.54, 1.807) is 12.1 Å². The average molecular weight is 269 g/mol. The zero-order chi connectivity index (χ0) is 13.9. The minimum absolute atomic E-state index is 0.216. The first-order valence-corrected chi connectivity index (χ1v) is 6.51. The summed E-state index contributed by atoms with van der Waals surface area (Å²) in [7, 11) is 1.33. The fourth-order valence-electron chi connectivity index (χ4n) is 2.49. The van der Waals surface area contributed by atoms with Crippen molar-refractivity contribution in [3.63, 3.8) is 0 Å². The molecule has 0 atom stereocenters. The van der Waals surface area contributed by atoms with Gasteiger partial charge >= 0.3 is 5.97 Å². The Bertz CT molecular complexity index is 600. The quantitative estimate of drug-likeness (QED) is 0.861. The van der Waals surface area contributed by atoms with Gasteiger partial charge in [-0.25, -0.2) is 4.79 Å². The number of aromatic nitrogens is 2. The number of anilines is 1. The Morgan fingerprint density at radius 2 is 1.85 bits per heavy atom. The summed E-state index contributed by atoms with van der Waals surface area (Å²) in [6, 6.07) is 12.1. The molecular formula is C15H15N3O2. The summed E-state index contributed by atoms with van der Waals surface area (Å²) in [4.78, 5) is 11.3. The molecule has 5 heteroatoms. The molecule has 0 unspecified atom stereocenters. The highest BCUT2D eigenvalue weighted by molar-refractivity contribution is 5.86. The van der Waals surface area contributed by atoms with E-state index in [1.165, 1.54) is 18.2 Å². The van der Waals surface area contributed by atoms with Crippen molar-refractivity contribution in [2.24, 2.45) is 0 Å². The molecule has 2 aromatic rings. The number of hydrogen-bond acceptors (Lipinski definition) is 5. The lowest BCUT2D eigenvalue weighted by Crippen LogP contribution is -2.20. The minimum Gasteiger partial charge on any atom is -0.464 e. The monoisotopic (exact) mass is 269 g/mol. The Hall–Kier alpha value is -2.43. The largest absolute Gasteiger partial charge is 0.464 e. The zero-order valence-electron chi connectivity index (χ0n) is 11.2. The number of nitrogens with zero attached hydrogens (tertiary/aromatic N) is 2. The Balaban J connectivity index is 1.66. The molecule has 20 heavy (non-hydrogen) atoms. The Morgan fingerprint density at radius 1 is 1.15 bits per heavy atom. The standard InChI is InChI=1S/C15H15N3O2/c1-20-15(19)13-6-7-14(18-17-13)16-12-8-10-4-2-3-5-11(10)9-12/h2-7,12H,8-9H2,1H3,(H,16,18). The molecule has 0 saturated heterocycles. The average Bonchev–Trinajstić information content (AvgIpc) is 2.89. The highest BCUT2D eigenvalue weighted by atomic mass is 16.5. The predicted octanol–water partition coefficient (Wildman–Crippen LogP) is 1.84. The minimum atomic E-state index is -0.475. The van der Waals surface area contributed by atoms with Gasteiger partial charge in [0.05, 0.1) is 7.11 Å². The van der Waals surface area contributed by atoms with Gasteiger partial charge in [0.15, 0.2) is 5.69 Å². The Kier molecular flexibility index (Phi) is 3.33. The van der Waals surface area contributed by atoms with Crippen LogP contribution in [-0.2, 0) is 17.6 Å². The molecule has 0 fully saturated rings. The van der Waals surface area contributed by atoms with Crippen LogP contribution in [0.3, 0.4) is 0 Å². The SMILES string of the molecule is COC(=O)c1ccc(NC2Cc3ccccc3C2)nn1. The summed E-state index contributed by atoms with van der Waals surface area (Å²) in [5.41, 5.74) is 2.97. The van der Waals surface area contributed by atoms with E-state index >= 15 is 0 Å². The van der Waals surface area contributed by atoms with E-state index < -0.39 is 5.97 Å². The second kappa shape index (κ2) is 5.28. The summed E-state index contributed by atoms with van der Waals surface area (Å²) in [6.45, 7) is 0. The van der Waals surface area contributed by atoms with Crippen LogP contribution in [0.5, 0.6) is 0 Å². The normalized spacial score (nSPS) is 13.8. The molecule has 1 aliphatic carbocycles. The summed E-state index contributed by atoms with van der Waals surface area (Å²) in [5, 5.41) is 11.2. The molecule has 0 spiro atoms. The predicted molar refractivity (Wildman–Crippen MR) is 74.6 cm³/mol. The molecule has 5 nitrogen and oxygen atoms in total. The lowest BCUT2D eigenvalue weighted by atomic mass is 10.1. The number of ether oxygens (including phenoxy) is 1. The lowest BCUT2D eigenvalue weighted by molar-refractivity contribution is 0.0593. The van der Waals surface area contributed by atoms with Gasteiger partial charge in [0.25, 0.3) is 0 Å². The third-order valence-electron chi connectivity index (χ3n) is 3.46. The molecule has 1 aromatic carbocycles. The van der Waals surface area contributed by atoms with Crippen LogP contribution in [0.15, 0.2) is 36.4 Å². The van der Waals surface area contributed by atoms with Crippen LogP contribution in [0.1, 0.15) is 21.6 Å². The first kappa shape index (κ1) is 12.6. The Morgan fingerprint density at radius 3 is 2.40 bits per heavy atom. The molecule has 0 bridgehead atoms. The summed E-state index contributed by atoms with van der Waals surface area (Å²) in [5.74, 6) is 0.202. The van der Waals surface area contributed by atoms with Gasteiger partial charge in [-0.1, -0.05) is 24.3 Å². The van der Waals surface area contributed by atoms with Gasteiger partial charge < -0.3 is 10.1 Å². The number of benzene rings is 1. The third kappa shape index (κ3) is 2.47. The number of carbonyl (C=O) groups is 1. The smallest absolute Gasteiger partial charge is 0.358 e. The number of fused-ring (bicyclic) bond motifs is 1. The number of hydrogen-bond donors (Lipinski definition) is 1. The van der Waals surface area contributed by atoms with Crippen molar-refractivity contribution in [1.29, 1.82) is 0 Å². The maximum absolute atomic E-state index is 11.3. The van der Waals surface area contributed by atoms with E-state index in [0.29, 0.717) is 11.9 Å². The van der Waals surface area contributed by atoms with E-state index in [1.807, 2.05) is 0 Å². The van der Waals surface area contributed by atoms with Gasteiger partial charge in [0.1, 0.15) is 5.82 Å². The van der Waals surface area contributed by atoms with Crippen molar-refractivity contribution in [2.75, 3.05) is 12.4 Å². The molecule has 1 aromatic heterocycles. The van der Waals surface area contributed by atoms with Crippen molar-refractivity contribution in [1.82, 2.24) is 10.2 Å². The number of nitrogens with one attached hydrogen (secondary N) is 1. The zero-order valence-corrected chi connectivity index (χ0v) is 11.2. The van der Waals surface area contributed by atoms with Gasteiger partial charge in [-0.05, 0) is 36.1 Å². The molecule has 0 amide bonds. The second-order valence-corrected chi connectivity index (χ2v) is 4.81. The first-order chi connectivity index (χ1) is 9.76.